The first kappa shape index (κ1) is 34.8. The lowest BCUT2D eigenvalue weighted by atomic mass is 10.0. The van der Waals surface area contributed by atoms with Gasteiger partial charge >= 0.3 is 0 Å². The minimum atomic E-state index is -0.694. The van der Waals surface area contributed by atoms with E-state index in [0.29, 0.717) is 39.7 Å². The van der Waals surface area contributed by atoms with Crippen LogP contribution in [0, 0.1) is 6.92 Å². The molecule has 3 amide bonds. The number of rotatable bonds is 11. The van der Waals surface area contributed by atoms with Crippen molar-refractivity contribution >= 4 is 52.3 Å². The summed E-state index contributed by atoms with van der Waals surface area (Å²) in [6.07, 6.45) is 5.11. The Balaban J connectivity index is 0.972. The van der Waals surface area contributed by atoms with Crippen LogP contribution in [0.5, 0.6) is 0 Å². The maximum Gasteiger partial charge on any atom is 0.273 e. The Labute approximate surface area is 304 Å². The molecule has 1 fully saturated rings. The van der Waals surface area contributed by atoms with Crippen molar-refractivity contribution in [3.05, 3.63) is 107 Å². The van der Waals surface area contributed by atoms with E-state index in [9.17, 15) is 14.4 Å². The fourth-order valence-electron chi connectivity index (χ4n) is 5.84. The van der Waals surface area contributed by atoms with Gasteiger partial charge in [-0.25, -0.2) is 9.97 Å². The van der Waals surface area contributed by atoms with Crippen molar-refractivity contribution in [3.63, 3.8) is 0 Å². The van der Waals surface area contributed by atoms with Crippen molar-refractivity contribution in [2.75, 3.05) is 49.2 Å². The molecule has 0 saturated carbocycles. The molecule has 2 aliphatic rings. The first-order chi connectivity index (χ1) is 25.7. The average molecular weight is 712 g/mol. The molecule has 0 atom stereocenters. The highest BCUT2D eigenvalue weighted by Gasteiger charge is 2.23. The molecule has 5 heterocycles. The summed E-state index contributed by atoms with van der Waals surface area (Å²) in [6, 6.07) is 18.4. The number of aromatic amines is 1. The number of H-pyrrole nitrogens is 1. The minimum absolute atomic E-state index is 0.0676. The summed E-state index contributed by atoms with van der Waals surface area (Å²) < 4.78 is 0. The van der Waals surface area contributed by atoms with Gasteiger partial charge in [0, 0.05) is 91.9 Å². The maximum atomic E-state index is 13.1. The number of pyridine rings is 1. The van der Waals surface area contributed by atoms with Crippen LogP contribution in [0.25, 0.3) is 11.3 Å². The Morgan fingerprint density at radius 2 is 1.68 bits per heavy atom. The lowest BCUT2D eigenvalue weighted by Crippen LogP contribution is -2.43. The Bertz CT molecular complexity index is 2240. The van der Waals surface area contributed by atoms with E-state index < -0.39 is 11.8 Å². The van der Waals surface area contributed by atoms with Crippen molar-refractivity contribution in [2.24, 2.45) is 15.9 Å². The molecule has 268 valence electrons. The fourth-order valence-corrected chi connectivity index (χ4v) is 5.84. The fraction of sp³-hybridized carbons (Fsp3) is 0.216. The second-order valence-corrected chi connectivity index (χ2v) is 12.9. The molecule has 3 aromatic heterocycles. The van der Waals surface area contributed by atoms with Crippen LogP contribution in [-0.4, -0.2) is 97.3 Å². The van der Waals surface area contributed by atoms with Gasteiger partial charge in [-0.2, -0.15) is 10.2 Å². The average Bonchev–Trinajstić information content (AvgIpc) is 3.86. The number of anilines is 4. The van der Waals surface area contributed by atoms with Crippen molar-refractivity contribution < 1.29 is 14.4 Å². The second-order valence-electron chi connectivity index (χ2n) is 12.9. The summed E-state index contributed by atoms with van der Waals surface area (Å²) in [5, 5.41) is 23.4. The number of nitrogens with two attached hydrogens (primary N) is 1. The van der Waals surface area contributed by atoms with E-state index in [1.54, 1.807) is 24.7 Å². The van der Waals surface area contributed by atoms with E-state index in [-0.39, 0.29) is 29.6 Å². The van der Waals surface area contributed by atoms with Gasteiger partial charge in [0.1, 0.15) is 11.4 Å². The zero-order valence-corrected chi connectivity index (χ0v) is 29.1. The summed E-state index contributed by atoms with van der Waals surface area (Å²) in [7, 11) is 2.14. The quantitative estimate of drug-likeness (QED) is 0.134. The number of likely N-dealkylation sites (N-methyl/N-ethyl adjacent to an activating group) is 1. The highest BCUT2D eigenvalue weighted by atomic mass is 16.2. The molecule has 6 N–H and O–H groups in total. The number of hydrogen-bond acceptors (Lipinski definition) is 12. The third-order valence-electron chi connectivity index (χ3n) is 8.96. The summed E-state index contributed by atoms with van der Waals surface area (Å²) >= 11 is 0. The number of aromatic nitrogens is 5. The highest BCUT2D eigenvalue weighted by Crippen LogP contribution is 2.26. The number of carbonyl (C=O) groups excluding carboxylic acids is 3. The number of amides is 3. The van der Waals surface area contributed by atoms with Crippen LogP contribution in [-0.2, 0) is 11.3 Å². The predicted molar refractivity (Wildman–Crippen MR) is 201 cm³/mol. The lowest BCUT2D eigenvalue weighted by Gasteiger charge is -2.32. The van der Waals surface area contributed by atoms with Crippen molar-refractivity contribution in [3.8, 4) is 11.3 Å². The molecule has 0 bridgehead atoms. The van der Waals surface area contributed by atoms with Gasteiger partial charge in [-0.15, -0.1) is 5.10 Å². The lowest BCUT2D eigenvalue weighted by molar-refractivity contribution is -0.110. The topological polar surface area (TPSA) is 212 Å². The smallest absolute Gasteiger partial charge is 0.273 e. The van der Waals surface area contributed by atoms with E-state index >= 15 is 0 Å². The maximum absolute atomic E-state index is 13.1. The largest absolute Gasteiger partial charge is 0.364 e. The number of aryl methyl sites for hydroxylation is 1. The van der Waals surface area contributed by atoms with Gasteiger partial charge in [-0.05, 0) is 61.5 Å². The number of hydrogen-bond donors (Lipinski definition) is 5. The minimum Gasteiger partial charge on any atom is -0.364 e. The van der Waals surface area contributed by atoms with Crippen LogP contribution in [0.3, 0.4) is 0 Å². The molecule has 16 heteroatoms. The Hall–Kier alpha value is -6.65. The Morgan fingerprint density at radius 3 is 2.45 bits per heavy atom. The van der Waals surface area contributed by atoms with Crippen LogP contribution in [0.2, 0.25) is 0 Å². The molecule has 0 radical (unpaired) electrons. The van der Waals surface area contributed by atoms with Crippen LogP contribution >= 0.6 is 0 Å². The first-order valence-electron chi connectivity index (χ1n) is 16.9. The second kappa shape index (κ2) is 15.3. The summed E-state index contributed by atoms with van der Waals surface area (Å²) in [5.74, 6) is -0.903. The third-order valence-corrected chi connectivity index (χ3v) is 8.96. The van der Waals surface area contributed by atoms with Gasteiger partial charge < -0.3 is 26.6 Å². The molecule has 0 spiro atoms. The monoisotopic (exact) mass is 711 g/mol. The van der Waals surface area contributed by atoms with E-state index in [0.717, 1.165) is 44.0 Å². The molecule has 5 aromatic rings. The Kier molecular flexibility index (Phi) is 10.0. The molecule has 2 aromatic carbocycles. The number of primary amides is 1. The van der Waals surface area contributed by atoms with Gasteiger partial charge in [0.2, 0.25) is 5.95 Å². The zero-order valence-electron chi connectivity index (χ0n) is 29.1. The third kappa shape index (κ3) is 8.46. The standard InChI is InChI=1S/C37H37N13O3/c1-22-3-8-27(41-35(52)24-6-4-23(5-7-24)21-50-13-11-49(2)12-14-50)16-29(22)43-37-40-10-9-28(42-37)25-15-26(20-39-19-25)30-17-32(47-45-30)36(53)44-33-18-31(34(38)51)46-48-33/h3-10,15-16,18-20H,11-14,17,21H2,1-2H3,(H2,38,51)(H,41,52)(H,40,42,43)(H2,44,46,48,53). The van der Waals surface area contributed by atoms with Gasteiger partial charge in [-0.3, -0.25) is 29.4 Å². The van der Waals surface area contributed by atoms with Gasteiger partial charge in [0.05, 0.1) is 11.4 Å². The SMILES string of the molecule is Cc1ccc(NC(=O)c2ccc(CN3CCN(C)CC3)cc2)cc1Nc1nccc(-c2cncc(C3=NN=C(C(=O)Nc4cc(C(N)=O)[nH]n4)C3)c2)n1. The molecule has 0 unspecified atom stereocenters. The first-order valence-corrected chi connectivity index (χ1v) is 16.9. The van der Waals surface area contributed by atoms with Crippen molar-refractivity contribution in [1.82, 2.24) is 34.9 Å². The van der Waals surface area contributed by atoms with E-state index in [4.69, 9.17) is 10.7 Å². The summed E-state index contributed by atoms with van der Waals surface area (Å²) in [6.45, 7) is 7.03. The number of carbonyl (C=O) groups is 3. The molecule has 53 heavy (non-hydrogen) atoms. The van der Waals surface area contributed by atoms with Crippen LogP contribution in [0.4, 0.5) is 23.1 Å². The summed E-state index contributed by atoms with van der Waals surface area (Å²) in [5.41, 5.74) is 12.1. The number of benzene rings is 2. The van der Waals surface area contributed by atoms with Gasteiger partial charge in [0.15, 0.2) is 5.82 Å². The van der Waals surface area contributed by atoms with Crippen molar-refractivity contribution in [2.45, 2.75) is 19.9 Å². The van der Waals surface area contributed by atoms with Crippen LogP contribution in [0.15, 0.2) is 89.5 Å². The number of nitrogens with one attached hydrogen (secondary N) is 4. The van der Waals surface area contributed by atoms with Gasteiger partial charge in [0.25, 0.3) is 17.7 Å². The van der Waals surface area contributed by atoms with Gasteiger partial charge in [-0.1, -0.05) is 18.2 Å². The predicted octanol–water partition coefficient (Wildman–Crippen LogP) is 3.60. The Morgan fingerprint density at radius 1 is 0.887 bits per heavy atom. The van der Waals surface area contributed by atoms with E-state index in [2.05, 4.69) is 63.2 Å². The van der Waals surface area contributed by atoms with Crippen LogP contribution in [0.1, 0.15) is 44.0 Å². The summed E-state index contributed by atoms with van der Waals surface area (Å²) in [4.78, 5) is 55.4. The van der Waals surface area contributed by atoms with E-state index in [1.807, 2.05) is 55.5 Å². The normalized spacial score (nSPS) is 14.7. The molecular weight excluding hydrogens is 674 g/mol. The molecule has 1 saturated heterocycles. The highest BCUT2D eigenvalue weighted by molar-refractivity contribution is 6.47. The molecule has 7 rings (SSSR count). The molecular formula is C37H37N13O3. The van der Waals surface area contributed by atoms with E-state index in [1.165, 1.54) is 11.6 Å². The number of nitrogens with zero attached hydrogens (tertiary/aromatic N) is 8. The molecule has 16 nitrogen and oxygen atoms in total. The van der Waals surface area contributed by atoms with Crippen molar-refractivity contribution in [1.29, 1.82) is 0 Å². The van der Waals surface area contributed by atoms with Crippen LogP contribution < -0.4 is 21.7 Å². The zero-order chi connectivity index (χ0) is 36.9. The number of piperazine rings is 1. The molecule has 2 aliphatic heterocycles. The molecule has 0 aliphatic carbocycles.